The van der Waals surface area contributed by atoms with Crippen molar-refractivity contribution < 1.29 is 37.0 Å². The lowest BCUT2D eigenvalue weighted by Gasteiger charge is -2.14. The fourth-order valence-electron chi connectivity index (χ4n) is 2.89. The molecule has 1 amide bonds. The van der Waals surface area contributed by atoms with Crippen LogP contribution < -0.4 is 10.1 Å². The normalized spacial score (nSPS) is 12.3. The molecule has 0 radical (unpaired) electrons. The largest absolute Gasteiger partial charge is 0.496 e. The third kappa shape index (κ3) is 5.71. The Hall–Kier alpha value is -3.10. The number of hydrogen-bond acceptors (Lipinski definition) is 3. The van der Waals surface area contributed by atoms with Gasteiger partial charge >= 0.3 is 12.1 Å². The molecule has 9 heteroatoms. The second kappa shape index (κ2) is 9.60. The number of methoxy groups -OCH3 is 1. The van der Waals surface area contributed by atoms with Crippen LogP contribution in [0.1, 0.15) is 40.4 Å². The van der Waals surface area contributed by atoms with Gasteiger partial charge in [0.1, 0.15) is 11.6 Å². The first kappa shape index (κ1) is 23.2. The summed E-state index contributed by atoms with van der Waals surface area (Å²) in [5, 5.41) is 11.7. The van der Waals surface area contributed by atoms with E-state index in [9.17, 15) is 32.3 Å². The van der Waals surface area contributed by atoms with Crippen molar-refractivity contribution in [2.75, 3.05) is 7.11 Å². The topological polar surface area (TPSA) is 75.6 Å². The maximum absolute atomic E-state index is 14.0. The summed E-state index contributed by atoms with van der Waals surface area (Å²) in [6, 6.07) is 6.74. The minimum absolute atomic E-state index is 0.108. The summed E-state index contributed by atoms with van der Waals surface area (Å²) < 4.78 is 57.0. The van der Waals surface area contributed by atoms with Crippen molar-refractivity contribution in [3.05, 3.63) is 64.5 Å². The number of amides is 1. The van der Waals surface area contributed by atoms with E-state index in [1.165, 1.54) is 19.2 Å². The fraction of sp³-hybridized carbons (Fsp3) is 0.333. The summed E-state index contributed by atoms with van der Waals surface area (Å²) in [6.45, 7) is 1.41. The SMILES string of the molecule is CC[C@H](Cc1ccc(OC)c(C(=O)NCc2ccc(C(F)(F)F)cc2F)c1)C(=O)O. The molecule has 5 nitrogen and oxygen atoms in total. The molecule has 0 unspecified atom stereocenters. The van der Waals surface area contributed by atoms with E-state index in [0.29, 0.717) is 18.1 Å². The molecule has 0 aliphatic carbocycles. The smallest absolute Gasteiger partial charge is 0.416 e. The highest BCUT2D eigenvalue weighted by Gasteiger charge is 2.31. The minimum Gasteiger partial charge on any atom is -0.496 e. The molecule has 0 bridgehead atoms. The summed E-state index contributed by atoms with van der Waals surface area (Å²) in [5.41, 5.74) is -0.504. The predicted octanol–water partition coefficient (Wildman–Crippen LogP) is 4.44. The molecule has 30 heavy (non-hydrogen) atoms. The number of halogens is 4. The van der Waals surface area contributed by atoms with Crippen LogP contribution in [0, 0.1) is 11.7 Å². The molecule has 0 aliphatic heterocycles. The number of benzene rings is 2. The van der Waals surface area contributed by atoms with Crippen LogP contribution in [-0.2, 0) is 23.9 Å². The molecule has 2 aromatic carbocycles. The monoisotopic (exact) mass is 427 g/mol. The highest BCUT2D eigenvalue weighted by Crippen LogP contribution is 2.30. The van der Waals surface area contributed by atoms with E-state index in [2.05, 4.69) is 5.32 Å². The maximum atomic E-state index is 14.0. The quantitative estimate of drug-likeness (QED) is 0.611. The first-order valence-corrected chi connectivity index (χ1v) is 9.10. The number of aliphatic carboxylic acids is 1. The Morgan fingerprint density at radius 1 is 1.17 bits per heavy atom. The van der Waals surface area contributed by atoms with Gasteiger partial charge in [-0.3, -0.25) is 9.59 Å². The Morgan fingerprint density at radius 3 is 2.40 bits per heavy atom. The predicted molar refractivity (Wildman–Crippen MR) is 101 cm³/mol. The third-order valence-electron chi connectivity index (χ3n) is 4.65. The van der Waals surface area contributed by atoms with Crippen molar-refractivity contribution >= 4 is 11.9 Å². The minimum atomic E-state index is -4.66. The van der Waals surface area contributed by atoms with Gasteiger partial charge in [0.05, 0.1) is 24.2 Å². The Bertz CT molecular complexity index is 928. The van der Waals surface area contributed by atoms with Crippen molar-refractivity contribution in [2.45, 2.75) is 32.5 Å². The van der Waals surface area contributed by atoms with Gasteiger partial charge in [-0.15, -0.1) is 0 Å². The van der Waals surface area contributed by atoms with Crippen LogP contribution in [0.5, 0.6) is 5.75 Å². The van der Waals surface area contributed by atoms with E-state index >= 15 is 0 Å². The number of rotatable bonds is 8. The zero-order valence-electron chi connectivity index (χ0n) is 16.3. The molecular weight excluding hydrogens is 406 g/mol. The molecule has 162 valence electrons. The first-order valence-electron chi connectivity index (χ1n) is 9.10. The van der Waals surface area contributed by atoms with Crippen LogP contribution in [0.4, 0.5) is 17.6 Å². The molecule has 1 atom stereocenters. The number of carboxylic acid groups (broad SMARTS) is 1. The number of alkyl halides is 3. The number of hydrogen-bond donors (Lipinski definition) is 2. The number of carbonyl (C=O) groups excluding carboxylic acids is 1. The summed E-state index contributed by atoms with van der Waals surface area (Å²) in [7, 11) is 1.35. The van der Waals surface area contributed by atoms with Crippen LogP contribution in [0.25, 0.3) is 0 Å². The number of ether oxygens (including phenoxy) is 1. The molecule has 0 aromatic heterocycles. The van der Waals surface area contributed by atoms with Gasteiger partial charge in [-0.05, 0) is 42.7 Å². The van der Waals surface area contributed by atoms with Gasteiger partial charge in [-0.25, -0.2) is 4.39 Å². The highest BCUT2D eigenvalue weighted by molar-refractivity contribution is 5.97. The summed E-state index contributed by atoms with van der Waals surface area (Å²) >= 11 is 0. The highest BCUT2D eigenvalue weighted by atomic mass is 19.4. The van der Waals surface area contributed by atoms with Gasteiger partial charge in [0.25, 0.3) is 5.91 Å². The lowest BCUT2D eigenvalue weighted by molar-refractivity contribution is -0.141. The van der Waals surface area contributed by atoms with E-state index < -0.39 is 35.4 Å². The van der Waals surface area contributed by atoms with Crippen LogP contribution in [0.3, 0.4) is 0 Å². The summed E-state index contributed by atoms with van der Waals surface area (Å²) in [4.78, 5) is 23.8. The molecule has 0 saturated carbocycles. The standard InChI is InChI=1S/C21H21F4NO4/c1-3-13(20(28)29)8-12-4-7-18(30-2)16(9-12)19(27)26-11-14-5-6-15(10-17(14)22)21(23,24)25/h4-7,9-10,13H,3,8,11H2,1-2H3,(H,26,27)(H,28,29)/t13-/m1/s1. The maximum Gasteiger partial charge on any atom is 0.416 e. The summed E-state index contributed by atoms with van der Waals surface area (Å²) in [5.74, 6) is -3.05. The van der Waals surface area contributed by atoms with Gasteiger partial charge in [-0.2, -0.15) is 13.2 Å². The molecule has 0 fully saturated rings. The molecule has 0 spiro atoms. The van der Waals surface area contributed by atoms with Gasteiger partial charge in [0.2, 0.25) is 0 Å². The van der Waals surface area contributed by atoms with Crippen LogP contribution in [0.15, 0.2) is 36.4 Å². The Labute approximate surface area is 170 Å². The Balaban J connectivity index is 2.18. The molecule has 2 rings (SSSR count). The third-order valence-corrected chi connectivity index (χ3v) is 4.65. The Kier molecular flexibility index (Phi) is 7.42. The lowest BCUT2D eigenvalue weighted by atomic mass is 9.95. The van der Waals surface area contributed by atoms with Crippen molar-refractivity contribution in [1.29, 1.82) is 0 Å². The molecule has 0 heterocycles. The van der Waals surface area contributed by atoms with Gasteiger partial charge in [-0.1, -0.05) is 19.1 Å². The zero-order valence-corrected chi connectivity index (χ0v) is 16.3. The van der Waals surface area contributed by atoms with E-state index in [4.69, 9.17) is 4.74 Å². The first-order chi connectivity index (χ1) is 14.1. The van der Waals surface area contributed by atoms with Crippen LogP contribution >= 0.6 is 0 Å². The van der Waals surface area contributed by atoms with Crippen LogP contribution in [-0.4, -0.2) is 24.1 Å². The van der Waals surface area contributed by atoms with Crippen molar-refractivity contribution in [2.24, 2.45) is 5.92 Å². The second-order valence-electron chi connectivity index (χ2n) is 6.67. The molecule has 2 aromatic rings. The van der Waals surface area contributed by atoms with Gasteiger partial charge < -0.3 is 15.2 Å². The second-order valence-corrected chi connectivity index (χ2v) is 6.67. The molecular formula is C21H21F4NO4. The van der Waals surface area contributed by atoms with Crippen molar-refractivity contribution in [3.63, 3.8) is 0 Å². The van der Waals surface area contributed by atoms with Crippen molar-refractivity contribution in [1.82, 2.24) is 5.32 Å². The van der Waals surface area contributed by atoms with Crippen molar-refractivity contribution in [3.8, 4) is 5.75 Å². The number of nitrogens with one attached hydrogen (secondary N) is 1. The van der Waals surface area contributed by atoms with Crippen LogP contribution in [0.2, 0.25) is 0 Å². The summed E-state index contributed by atoms with van der Waals surface area (Å²) in [6.07, 6.45) is -4.04. The van der Waals surface area contributed by atoms with E-state index in [1.807, 2.05) is 0 Å². The lowest BCUT2D eigenvalue weighted by Crippen LogP contribution is -2.24. The van der Waals surface area contributed by atoms with E-state index in [-0.39, 0.29) is 29.8 Å². The molecule has 2 N–H and O–H groups in total. The average molecular weight is 427 g/mol. The molecule has 0 saturated heterocycles. The average Bonchev–Trinajstić information content (AvgIpc) is 2.69. The van der Waals surface area contributed by atoms with Gasteiger partial charge in [0, 0.05) is 12.1 Å². The van der Waals surface area contributed by atoms with E-state index in [1.54, 1.807) is 13.0 Å². The van der Waals surface area contributed by atoms with E-state index in [0.717, 1.165) is 12.1 Å². The fourth-order valence-corrected chi connectivity index (χ4v) is 2.89. The zero-order chi connectivity index (χ0) is 22.5. The molecule has 0 aliphatic rings. The number of carbonyl (C=O) groups is 2. The van der Waals surface area contributed by atoms with Gasteiger partial charge in [0.15, 0.2) is 0 Å². The Morgan fingerprint density at radius 2 is 1.87 bits per heavy atom. The number of carboxylic acids is 1.